The number of benzene rings is 2. The zero-order valence-corrected chi connectivity index (χ0v) is 17.1. The lowest BCUT2D eigenvalue weighted by Gasteiger charge is -2.27. The van der Waals surface area contributed by atoms with E-state index < -0.39 is 15.8 Å². The van der Waals surface area contributed by atoms with Gasteiger partial charge in [-0.05, 0) is 42.3 Å². The van der Waals surface area contributed by atoms with E-state index in [-0.39, 0.29) is 42.2 Å². The molecule has 2 aromatic rings. The molecule has 28 heavy (non-hydrogen) atoms. The molecule has 1 atom stereocenters. The van der Waals surface area contributed by atoms with Gasteiger partial charge >= 0.3 is 0 Å². The SMILES string of the molecule is COCCOc1ccc(F)cc1S(=O)(=O)NCC1NCCc2ccccc21.Cl. The summed E-state index contributed by atoms with van der Waals surface area (Å²) < 4.78 is 52.1. The fourth-order valence-electron chi connectivity index (χ4n) is 3.09. The van der Waals surface area contributed by atoms with Crippen molar-refractivity contribution < 1.29 is 22.3 Å². The highest BCUT2D eigenvalue weighted by Crippen LogP contribution is 2.26. The van der Waals surface area contributed by atoms with Crippen LogP contribution in [0, 0.1) is 5.82 Å². The van der Waals surface area contributed by atoms with Gasteiger partial charge in [-0.2, -0.15) is 0 Å². The summed E-state index contributed by atoms with van der Waals surface area (Å²) in [6, 6.07) is 11.2. The van der Waals surface area contributed by atoms with E-state index >= 15 is 0 Å². The van der Waals surface area contributed by atoms with Crippen LogP contribution >= 0.6 is 12.4 Å². The van der Waals surface area contributed by atoms with Crippen LogP contribution in [0.1, 0.15) is 17.2 Å². The normalized spacial score (nSPS) is 16.1. The maximum atomic E-state index is 13.7. The van der Waals surface area contributed by atoms with Crippen LogP contribution in [0.5, 0.6) is 5.75 Å². The molecule has 0 radical (unpaired) electrons. The number of sulfonamides is 1. The average Bonchev–Trinajstić information content (AvgIpc) is 2.67. The van der Waals surface area contributed by atoms with Crippen molar-refractivity contribution in [3.8, 4) is 5.75 Å². The number of hydrogen-bond acceptors (Lipinski definition) is 5. The van der Waals surface area contributed by atoms with E-state index in [9.17, 15) is 12.8 Å². The predicted octanol–water partition coefficient (Wildman–Crippen LogP) is 2.44. The fraction of sp³-hybridized carbons (Fsp3) is 0.368. The van der Waals surface area contributed by atoms with Gasteiger partial charge in [0.25, 0.3) is 0 Å². The van der Waals surface area contributed by atoms with Gasteiger partial charge < -0.3 is 14.8 Å². The van der Waals surface area contributed by atoms with Crippen molar-refractivity contribution in [3.05, 3.63) is 59.4 Å². The van der Waals surface area contributed by atoms with Crippen molar-refractivity contribution in [1.29, 1.82) is 0 Å². The largest absolute Gasteiger partial charge is 0.490 e. The van der Waals surface area contributed by atoms with Crippen molar-refractivity contribution in [2.24, 2.45) is 0 Å². The Labute approximate surface area is 170 Å². The standard InChI is InChI=1S/C19H23FN2O4S.ClH/c1-25-10-11-26-18-7-6-15(20)12-19(18)27(23,24)22-13-17-16-5-3-2-4-14(16)8-9-21-17;/h2-7,12,17,21-22H,8-11,13H2,1H3;1H. The average molecular weight is 431 g/mol. The summed E-state index contributed by atoms with van der Waals surface area (Å²) in [5, 5.41) is 3.32. The molecule has 2 aromatic carbocycles. The topological polar surface area (TPSA) is 76.7 Å². The molecule has 154 valence electrons. The molecule has 6 nitrogen and oxygen atoms in total. The van der Waals surface area contributed by atoms with Crippen LogP contribution in [0.3, 0.4) is 0 Å². The van der Waals surface area contributed by atoms with Crippen LogP contribution < -0.4 is 14.8 Å². The lowest BCUT2D eigenvalue weighted by atomic mass is 9.95. The van der Waals surface area contributed by atoms with Crippen LogP contribution in [0.4, 0.5) is 4.39 Å². The Bertz CT molecular complexity index is 895. The van der Waals surface area contributed by atoms with Crippen LogP contribution in [0.25, 0.3) is 0 Å². The highest BCUT2D eigenvalue weighted by molar-refractivity contribution is 7.89. The molecule has 0 saturated heterocycles. The smallest absolute Gasteiger partial charge is 0.244 e. The summed E-state index contributed by atoms with van der Waals surface area (Å²) in [6.07, 6.45) is 0.904. The molecule has 0 spiro atoms. The maximum Gasteiger partial charge on any atom is 0.244 e. The minimum Gasteiger partial charge on any atom is -0.490 e. The molecule has 0 fully saturated rings. The first kappa shape index (κ1) is 22.6. The van der Waals surface area contributed by atoms with Gasteiger partial charge in [-0.1, -0.05) is 24.3 Å². The van der Waals surface area contributed by atoms with E-state index in [1.165, 1.54) is 24.8 Å². The summed E-state index contributed by atoms with van der Waals surface area (Å²) in [6.45, 7) is 1.40. The lowest BCUT2D eigenvalue weighted by Crippen LogP contribution is -2.38. The molecule has 0 amide bonds. The Morgan fingerprint density at radius 1 is 1.21 bits per heavy atom. The number of ether oxygens (including phenoxy) is 2. The molecule has 0 aliphatic carbocycles. The third-order valence-electron chi connectivity index (χ3n) is 4.43. The molecular formula is C19H24ClFN2O4S. The third-order valence-corrected chi connectivity index (χ3v) is 5.88. The molecule has 2 N–H and O–H groups in total. The van der Waals surface area contributed by atoms with Crippen molar-refractivity contribution in [2.45, 2.75) is 17.4 Å². The number of nitrogens with one attached hydrogen (secondary N) is 2. The number of hydrogen-bond donors (Lipinski definition) is 2. The van der Waals surface area contributed by atoms with Crippen LogP contribution in [0.15, 0.2) is 47.4 Å². The van der Waals surface area contributed by atoms with Crippen LogP contribution in [-0.2, 0) is 21.2 Å². The Balaban J connectivity index is 0.00000280. The second-order valence-corrected chi connectivity index (χ2v) is 7.98. The van der Waals surface area contributed by atoms with E-state index in [1.54, 1.807) is 0 Å². The summed E-state index contributed by atoms with van der Waals surface area (Å²) in [5.74, 6) is -0.548. The van der Waals surface area contributed by atoms with Gasteiger partial charge in [0.1, 0.15) is 23.1 Å². The molecule has 1 aliphatic rings. The summed E-state index contributed by atoms with van der Waals surface area (Å²) >= 11 is 0. The second kappa shape index (κ2) is 10.2. The zero-order valence-electron chi connectivity index (χ0n) is 15.5. The molecule has 9 heteroatoms. The molecule has 0 bridgehead atoms. The van der Waals surface area contributed by atoms with E-state index in [0.717, 1.165) is 24.6 Å². The van der Waals surface area contributed by atoms with Crippen molar-refractivity contribution in [3.63, 3.8) is 0 Å². The Morgan fingerprint density at radius 2 is 2.00 bits per heavy atom. The van der Waals surface area contributed by atoms with Crippen molar-refractivity contribution in [1.82, 2.24) is 10.0 Å². The quantitative estimate of drug-likeness (QED) is 0.629. The first-order valence-electron chi connectivity index (χ1n) is 8.73. The fourth-order valence-corrected chi connectivity index (χ4v) is 4.29. The molecule has 1 aliphatic heterocycles. The maximum absolute atomic E-state index is 13.7. The number of rotatable bonds is 8. The van der Waals surface area contributed by atoms with Gasteiger partial charge in [0.05, 0.1) is 6.61 Å². The first-order chi connectivity index (χ1) is 13.0. The predicted molar refractivity (Wildman–Crippen MR) is 107 cm³/mol. The van der Waals surface area contributed by atoms with Gasteiger partial charge in [0.15, 0.2) is 0 Å². The number of halogens is 2. The molecule has 3 rings (SSSR count). The van der Waals surface area contributed by atoms with Crippen molar-refractivity contribution in [2.75, 3.05) is 33.4 Å². The zero-order chi connectivity index (χ0) is 19.3. The van der Waals surface area contributed by atoms with Crippen molar-refractivity contribution >= 4 is 22.4 Å². The Morgan fingerprint density at radius 3 is 2.79 bits per heavy atom. The van der Waals surface area contributed by atoms with Gasteiger partial charge in [-0.25, -0.2) is 17.5 Å². The lowest BCUT2D eigenvalue weighted by molar-refractivity contribution is 0.144. The van der Waals surface area contributed by atoms with Crippen LogP contribution in [-0.4, -0.2) is 41.8 Å². The Kier molecular flexibility index (Phi) is 8.21. The first-order valence-corrected chi connectivity index (χ1v) is 10.2. The van der Waals surface area contributed by atoms with Crippen LogP contribution in [0.2, 0.25) is 0 Å². The monoisotopic (exact) mass is 430 g/mol. The summed E-state index contributed by atoms with van der Waals surface area (Å²) in [4.78, 5) is -0.220. The molecular weight excluding hydrogens is 407 g/mol. The number of methoxy groups -OCH3 is 1. The molecule has 1 unspecified atom stereocenters. The van der Waals surface area contributed by atoms with Gasteiger partial charge in [0, 0.05) is 19.7 Å². The van der Waals surface area contributed by atoms with Gasteiger partial charge in [0.2, 0.25) is 10.0 Å². The summed E-state index contributed by atoms with van der Waals surface area (Å²) in [7, 11) is -2.43. The second-order valence-electron chi connectivity index (χ2n) is 6.24. The van der Waals surface area contributed by atoms with Gasteiger partial charge in [-0.15, -0.1) is 12.4 Å². The van der Waals surface area contributed by atoms with E-state index in [4.69, 9.17) is 9.47 Å². The molecule has 0 saturated carbocycles. The highest BCUT2D eigenvalue weighted by Gasteiger charge is 2.25. The summed E-state index contributed by atoms with van der Waals surface area (Å²) in [5.41, 5.74) is 2.28. The molecule has 1 heterocycles. The van der Waals surface area contributed by atoms with E-state index in [0.29, 0.717) is 6.61 Å². The Hall–Kier alpha value is -1.71. The van der Waals surface area contributed by atoms with E-state index in [2.05, 4.69) is 10.0 Å². The molecule has 0 aromatic heterocycles. The van der Waals surface area contributed by atoms with E-state index in [1.807, 2.05) is 24.3 Å². The third kappa shape index (κ3) is 5.42. The number of fused-ring (bicyclic) bond motifs is 1. The minimum atomic E-state index is -3.95. The van der Waals surface area contributed by atoms with Gasteiger partial charge in [-0.3, -0.25) is 0 Å². The minimum absolute atomic E-state index is 0. The highest BCUT2D eigenvalue weighted by atomic mass is 35.5.